The van der Waals surface area contributed by atoms with E-state index < -0.39 is 0 Å². The van der Waals surface area contributed by atoms with Crippen LogP contribution in [0.4, 0.5) is 0 Å². The molecule has 0 aliphatic heterocycles. The molecule has 3 nitrogen and oxygen atoms in total. The van der Waals surface area contributed by atoms with E-state index in [2.05, 4.69) is 4.89 Å². The average molecular weight is 198 g/mol. The fourth-order valence-corrected chi connectivity index (χ4v) is 1.50. The Bertz CT molecular complexity index is 281. The zero-order valence-electron chi connectivity index (χ0n) is 7.19. The number of carbonyl (C=O) groups is 1. The molecule has 0 radical (unpaired) electrons. The molecule has 13 heavy (non-hydrogen) atoms. The van der Waals surface area contributed by atoms with E-state index in [0.717, 1.165) is 10.5 Å². The molecule has 0 amide bonds. The predicted octanol–water partition coefficient (Wildman–Crippen LogP) is 2.31. The first-order chi connectivity index (χ1) is 6.22. The lowest BCUT2D eigenvalue weighted by Crippen LogP contribution is -1.87. The molecular formula is C9H10O3S. The van der Waals surface area contributed by atoms with Crippen molar-refractivity contribution < 1.29 is 14.9 Å². The summed E-state index contributed by atoms with van der Waals surface area (Å²) in [6.07, 6.45) is 0. The summed E-state index contributed by atoms with van der Waals surface area (Å²) >= 11 is 1.18. The Balaban J connectivity index is 2.64. The van der Waals surface area contributed by atoms with E-state index in [1.807, 2.05) is 24.3 Å². The molecule has 0 aliphatic carbocycles. The number of thioether (sulfide) groups is 1. The summed E-state index contributed by atoms with van der Waals surface area (Å²) in [4.78, 5) is 15.6. The van der Waals surface area contributed by atoms with Gasteiger partial charge in [-0.15, -0.1) is 0 Å². The third-order valence-corrected chi connectivity index (χ3v) is 2.21. The second-order valence-corrected chi connectivity index (χ2v) is 3.76. The van der Waals surface area contributed by atoms with Crippen LogP contribution in [0.3, 0.4) is 0 Å². The van der Waals surface area contributed by atoms with Gasteiger partial charge in [0.05, 0.1) is 0 Å². The van der Waals surface area contributed by atoms with Gasteiger partial charge in [0.15, 0.2) is 5.12 Å². The smallest absolute Gasteiger partial charge is 0.190 e. The molecule has 0 atom stereocenters. The van der Waals surface area contributed by atoms with E-state index in [1.165, 1.54) is 18.7 Å². The van der Waals surface area contributed by atoms with Crippen molar-refractivity contribution in [1.29, 1.82) is 0 Å². The van der Waals surface area contributed by atoms with E-state index in [-0.39, 0.29) is 11.7 Å². The molecule has 0 spiro atoms. The molecule has 70 valence electrons. The molecule has 0 saturated heterocycles. The van der Waals surface area contributed by atoms with Crippen LogP contribution in [0, 0.1) is 0 Å². The van der Waals surface area contributed by atoms with Crippen LogP contribution in [0.1, 0.15) is 12.5 Å². The van der Waals surface area contributed by atoms with Crippen LogP contribution in [0.5, 0.6) is 0 Å². The molecule has 1 aromatic rings. The van der Waals surface area contributed by atoms with Gasteiger partial charge in [-0.2, -0.15) is 0 Å². The second kappa shape index (κ2) is 5.01. The summed E-state index contributed by atoms with van der Waals surface area (Å²) in [5.74, 6) is 0. The summed E-state index contributed by atoms with van der Waals surface area (Å²) < 4.78 is 0. The fourth-order valence-electron chi connectivity index (χ4n) is 0.894. The summed E-state index contributed by atoms with van der Waals surface area (Å²) in [6.45, 7) is 1.69. The predicted molar refractivity (Wildman–Crippen MR) is 50.4 cm³/mol. The van der Waals surface area contributed by atoms with E-state index in [1.54, 1.807) is 0 Å². The average Bonchev–Trinajstić information content (AvgIpc) is 2.08. The molecular weight excluding hydrogens is 188 g/mol. The van der Waals surface area contributed by atoms with Crippen molar-refractivity contribution in [3.63, 3.8) is 0 Å². The molecule has 1 aromatic carbocycles. The molecule has 1 N–H and O–H groups in total. The molecule has 1 rings (SSSR count). The van der Waals surface area contributed by atoms with Crippen LogP contribution in [-0.4, -0.2) is 10.4 Å². The van der Waals surface area contributed by atoms with E-state index in [4.69, 9.17) is 5.26 Å². The maximum Gasteiger partial charge on any atom is 0.190 e. The Labute approximate surface area is 80.6 Å². The second-order valence-electron chi connectivity index (χ2n) is 2.51. The molecule has 0 unspecified atom stereocenters. The van der Waals surface area contributed by atoms with Gasteiger partial charge in [0.25, 0.3) is 0 Å². The largest absolute Gasteiger partial charge is 0.287 e. The topological polar surface area (TPSA) is 46.5 Å². The van der Waals surface area contributed by atoms with Crippen molar-refractivity contribution >= 4 is 16.9 Å². The summed E-state index contributed by atoms with van der Waals surface area (Å²) in [5, 5.41) is 8.24. The van der Waals surface area contributed by atoms with Gasteiger partial charge < -0.3 is 0 Å². The molecule has 0 heterocycles. The Hall–Kier alpha value is -0.840. The van der Waals surface area contributed by atoms with Gasteiger partial charge in [-0.05, 0) is 17.7 Å². The van der Waals surface area contributed by atoms with Gasteiger partial charge >= 0.3 is 0 Å². The maximum atomic E-state index is 10.7. The highest BCUT2D eigenvalue weighted by molar-refractivity contribution is 8.13. The fraction of sp³-hybridized carbons (Fsp3) is 0.222. The maximum absolute atomic E-state index is 10.7. The van der Waals surface area contributed by atoms with Gasteiger partial charge in [-0.3, -0.25) is 10.1 Å². The lowest BCUT2D eigenvalue weighted by atomic mass is 10.2. The van der Waals surface area contributed by atoms with Gasteiger partial charge in [0.2, 0.25) is 0 Å². The summed E-state index contributed by atoms with van der Waals surface area (Å²) in [6, 6.07) is 7.25. The Kier molecular flexibility index (Phi) is 3.95. The van der Waals surface area contributed by atoms with E-state index in [0.29, 0.717) is 0 Å². The highest BCUT2D eigenvalue weighted by Gasteiger charge is 1.98. The quantitative estimate of drug-likeness (QED) is 0.460. The Morgan fingerprint density at radius 3 is 2.54 bits per heavy atom. The molecule has 0 bridgehead atoms. The highest BCUT2D eigenvalue weighted by Crippen LogP contribution is 2.18. The molecule has 0 aliphatic rings. The monoisotopic (exact) mass is 198 g/mol. The van der Waals surface area contributed by atoms with Crippen molar-refractivity contribution in [1.82, 2.24) is 0 Å². The third-order valence-electron chi connectivity index (χ3n) is 1.42. The van der Waals surface area contributed by atoms with Crippen molar-refractivity contribution in [2.75, 3.05) is 0 Å². The SMILES string of the molecule is CC(=O)Sc1ccc(COO)cc1. The van der Waals surface area contributed by atoms with Crippen molar-refractivity contribution in [2.24, 2.45) is 0 Å². The normalized spacial score (nSPS) is 10.0. The molecule has 0 aromatic heterocycles. The molecule has 0 fully saturated rings. The van der Waals surface area contributed by atoms with Crippen molar-refractivity contribution in [3.8, 4) is 0 Å². The van der Waals surface area contributed by atoms with Crippen molar-refractivity contribution in [2.45, 2.75) is 18.4 Å². The number of hydrogen-bond acceptors (Lipinski definition) is 4. The lowest BCUT2D eigenvalue weighted by molar-refractivity contribution is -0.253. The van der Waals surface area contributed by atoms with Crippen LogP contribution in [0.15, 0.2) is 29.2 Å². The van der Waals surface area contributed by atoms with E-state index in [9.17, 15) is 4.79 Å². The van der Waals surface area contributed by atoms with E-state index >= 15 is 0 Å². The summed E-state index contributed by atoms with van der Waals surface area (Å²) in [7, 11) is 0. The Morgan fingerprint density at radius 1 is 1.46 bits per heavy atom. The van der Waals surface area contributed by atoms with Gasteiger partial charge in [-0.25, -0.2) is 4.89 Å². The molecule has 0 saturated carbocycles. The van der Waals surface area contributed by atoms with Crippen molar-refractivity contribution in [3.05, 3.63) is 29.8 Å². The minimum absolute atomic E-state index is 0.0613. The van der Waals surface area contributed by atoms with Crippen LogP contribution >= 0.6 is 11.8 Å². The molecule has 4 heteroatoms. The lowest BCUT2D eigenvalue weighted by Gasteiger charge is -1.99. The number of hydrogen-bond donors (Lipinski definition) is 1. The third kappa shape index (κ3) is 3.59. The number of rotatable bonds is 3. The van der Waals surface area contributed by atoms with Gasteiger partial charge in [0.1, 0.15) is 6.61 Å². The standard InChI is InChI=1S/C9H10O3S/c1-7(10)13-9-4-2-8(3-5-9)6-12-11/h2-5,11H,6H2,1H3. The minimum Gasteiger partial charge on any atom is -0.287 e. The number of benzene rings is 1. The van der Waals surface area contributed by atoms with Gasteiger partial charge in [0, 0.05) is 11.8 Å². The van der Waals surface area contributed by atoms with Gasteiger partial charge in [-0.1, -0.05) is 23.9 Å². The van der Waals surface area contributed by atoms with Crippen LogP contribution in [0.2, 0.25) is 0 Å². The van der Waals surface area contributed by atoms with Crippen LogP contribution in [0.25, 0.3) is 0 Å². The van der Waals surface area contributed by atoms with Crippen LogP contribution < -0.4 is 0 Å². The minimum atomic E-state index is 0.0613. The zero-order valence-corrected chi connectivity index (χ0v) is 8.00. The Morgan fingerprint density at radius 2 is 2.08 bits per heavy atom. The summed E-state index contributed by atoms with van der Waals surface area (Å²) in [5.41, 5.74) is 0.871. The zero-order chi connectivity index (χ0) is 9.68. The number of carbonyl (C=O) groups excluding carboxylic acids is 1. The van der Waals surface area contributed by atoms with Crippen LogP contribution in [-0.2, 0) is 16.3 Å². The first-order valence-electron chi connectivity index (χ1n) is 3.76. The first-order valence-corrected chi connectivity index (χ1v) is 4.58. The highest BCUT2D eigenvalue weighted by atomic mass is 32.2. The first kappa shape index (κ1) is 10.2.